The molecule has 3 rings (SSSR count). The summed E-state index contributed by atoms with van der Waals surface area (Å²) in [7, 11) is 0. The van der Waals surface area contributed by atoms with Crippen molar-refractivity contribution in [2.45, 2.75) is 63.7 Å². The zero-order chi connectivity index (χ0) is 20.9. The molecule has 5 nitrogen and oxygen atoms in total. The number of nitrogens with zero attached hydrogens (tertiary/aromatic N) is 1. The molecule has 2 aliphatic rings. The van der Waals surface area contributed by atoms with Crippen LogP contribution in [-0.2, 0) is 17.8 Å². The molecule has 2 N–H and O–H groups in total. The second kappa shape index (κ2) is 9.50. The fraction of sp³-hybridized carbons (Fsp3) is 0.619. The molecule has 1 heterocycles. The summed E-state index contributed by atoms with van der Waals surface area (Å²) in [5.74, 6) is -1.28. The molecule has 1 aliphatic carbocycles. The van der Waals surface area contributed by atoms with Gasteiger partial charge in [0.15, 0.2) is 0 Å². The Morgan fingerprint density at radius 3 is 2.66 bits per heavy atom. The van der Waals surface area contributed by atoms with Gasteiger partial charge in [0.2, 0.25) is 5.91 Å². The van der Waals surface area contributed by atoms with Crippen LogP contribution in [-0.4, -0.2) is 42.1 Å². The average molecular weight is 411 g/mol. The lowest BCUT2D eigenvalue weighted by Crippen LogP contribution is -2.46. The van der Waals surface area contributed by atoms with Crippen LogP contribution in [0.4, 0.5) is 18.0 Å². The van der Waals surface area contributed by atoms with Crippen LogP contribution in [0.5, 0.6) is 0 Å². The summed E-state index contributed by atoms with van der Waals surface area (Å²) in [6, 6.07) is 7.18. The molecule has 0 bridgehead atoms. The number of rotatable bonds is 5. The van der Waals surface area contributed by atoms with E-state index >= 15 is 0 Å². The summed E-state index contributed by atoms with van der Waals surface area (Å²) < 4.78 is 38.5. The molecule has 0 radical (unpaired) electrons. The second-order valence-electron chi connectivity index (χ2n) is 7.94. The molecular weight excluding hydrogens is 383 g/mol. The van der Waals surface area contributed by atoms with Crippen molar-refractivity contribution >= 4 is 11.9 Å². The van der Waals surface area contributed by atoms with Crippen molar-refractivity contribution in [3.05, 3.63) is 35.4 Å². The van der Waals surface area contributed by atoms with E-state index in [4.69, 9.17) is 0 Å². The van der Waals surface area contributed by atoms with Crippen LogP contribution >= 0.6 is 0 Å². The number of alkyl halides is 3. The fourth-order valence-corrected chi connectivity index (χ4v) is 4.16. The Balaban J connectivity index is 1.33. The number of urea groups is 1. The summed E-state index contributed by atoms with van der Waals surface area (Å²) >= 11 is 0. The number of carbonyl (C=O) groups is 2. The second-order valence-corrected chi connectivity index (χ2v) is 7.94. The quantitative estimate of drug-likeness (QED) is 0.725. The fourth-order valence-electron chi connectivity index (χ4n) is 4.16. The normalized spacial score (nSPS) is 22.0. The third kappa shape index (κ3) is 6.11. The molecule has 29 heavy (non-hydrogen) atoms. The van der Waals surface area contributed by atoms with E-state index in [9.17, 15) is 22.8 Å². The average Bonchev–Trinajstić information content (AvgIpc) is 2.70. The van der Waals surface area contributed by atoms with Gasteiger partial charge in [-0.25, -0.2) is 4.79 Å². The highest BCUT2D eigenvalue weighted by atomic mass is 19.4. The number of benzene rings is 1. The largest absolute Gasteiger partial charge is 0.391 e. The maximum Gasteiger partial charge on any atom is 0.391 e. The first-order valence-electron chi connectivity index (χ1n) is 10.3. The molecular formula is C21H28F3N3O2. The molecule has 160 valence electrons. The highest BCUT2D eigenvalue weighted by Gasteiger charge is 2.42. The standard InChI is InChI=1S/C21H28F3N3O2/c22-21(23,24)17-7-3-8-18(13-17)26-20(29)25-11-4-9-19(28)27-12-10-15-5-1-2-6-16(15)14-27/h1-2,5-6,17-18H,3-4,7-14H2,(H2,25,26,29). The van der Waals surface area contributed by atoms with Crippen molar-refractivity contribution in [3.63, 3.8) is 0 Å². The number of hydrogen-bond donors (Lipinski definition) is 2. The van der Waals surface area contributed by atoms with Gasteiger partial charge >= 0.3 is 12.2 Å². The van der Waals surface area contributed by atoms with E-state index in [1.54, 1.807) is 0 Å². The van der Waals surface area contributed by atoms with Crippen LogP contribution in [0.25, 0.3) is 0 Å². The van der Waals surface area contributed by atoms with Crippen molar-refractivity contribution in [1.82, 2.24) is 15.5 Å². The molecule has 2 atom stereocenters. The van der Waals surface area contributed by atoms with Crippen molar-refractivity contribution < 1.29 is 22.8 Å². The summed E-state index contributed by atoms with van der Waals surface area (Å²) in [6.45, 7) is 1.63. The van der Waals surface area contributed by atoms with Gasteiger partial charge in [0.05, 0.1) is 5.92 Å². The smallest absolute Gasteiger partial charge is 0.338 e. The molecule has 2 unspecified atom stereocenters. The molecule has 0 spiro atoms. The number of carbonyl (C=O) groups excluding carboxylic acids is 2. The van der Waals surface area contributed by atoms with Crippen LogP contribution in [0, 0.1) is 5.92 Å². The van der Waals surface area contributed by atoms with E-state index < -0.39 is 24.2 Å². The van der Waals surface area contributed by atoms with Gasteiger partial charge in [-0.15, -0.1) is 0 Å². The van der Waals surface area contributed by atoms with Gasteiger partial charge < -0.3 is 15.5 Å². The first-order valence-corrected chi connectivity index (χ1v) is 10.3. The first-order chi connectivity index (χ1) is 13.8. The monoisotopic (exact) mass is 411 g/mol. The molecule has 1 aromatic rings. The minimum absolute atomic E-state index is 0.0574. The van der Waals surface area contributed by atoms with Gasteiger partial charge in [0.1, 0.15) is 0 Å². The molecule has 0 saturated heterocycles. The van der Waals surface area contributed by atoms with E-state index in [0.29, 0.717) is 45.3 Å². The van der Waals surface area contributed by atoms with E-state index in [1.165, 1.54) is 11.1 Å². The van der Waals surface area contributed by atoms with Crippen molar-refractivity contribution in [3.8, 4) is 0 Å². The predicted octanol–water partition coefficient (Wildman–Crippen LogP) is 3.77. The zero-order valence-electron chi connectivity index (χ0n) is 16.4. The van der Waals surface area contributed by atoms with Crippen LogP contribution in [0.1, 0.15) is 49.7 Å². The van der Waals surface area contributed by atoms with Gasteiger partial charge in [0.25, 0.3) is 0 Å². The lowest BCUT2D eigenvalue weighted by Gasteiger charge is -2.31. The third-order valence-electron chi connectivity index (χ3n) is 5.81. The van der Waals surface area contributed by atoms with Gasteiger partial charge in [-0.05, 0) is 43.2 Å². The van der Waals surface area contributed by atoms with E-state index in [2.05, 4.69) is 16.7 Å². The van der Waals surface area contributed by atoms with Gasteiger partial charge in [-0.2, -0.15) is 13.2 Å². The van der Waals surface area contributed by atoms with Gasteiger partial charge in [0, 0.05) is 32.1 Å². The number of fused-ring (bicyclic) bond motifs is 1. The van der Waals surface area contributed by atoms with Crippen LogP contribution in [0.15, 0.2) is 24.3 Å². The van der Waals surface area contributed by atoms with Gasteiger partial charge in [-0.3, -0.25) is 4.79 Å². The lowest BCUT2D eigenvalue weighted by molar-refractivity contribution is -0.183. The van der Waals surface area contributed by atoms with E-state index in [0.717, 1.165) is 6.42 Å². The van der Waals surface area contributed by atoms with E-state index in [1.807, 2.05) is 23.1 Å². The zero-order valence-corrected chi connectivity index (χ0v) is 16.4. The Labute approximate surface area is 169 Å². The number of halogens is 3. The molecule has 1 fully saturated rings. The summed E-state index contributed by atoms with van der Waals surface area (Å²) in [6.07, 6.45) is -1.42. The summed E-state index contributed by atoms with van der Waals surface area (Å²) in [5.41, 5.74) is 2.46. The maximum absolute atomic E-state index is 12.8. The summed E-state index contributed by atoms with van der Waals surface area (Å²) in [5, 5.41) is 5.29. The first kappa shape index (κ1) is 21.5. The molecule has 8 heteroatoms. The summed E-state index contributed by atoms with van der Waals surface area (Å²) in [4.78, 5) is 26.2. The highest BCUT2D eigenvalue weighted by molar-refractivity contribution is 5.77. The molecule has 0 aromatic heterocycles. The maximum atomic E-state index is 12.8. The van der Waals surface area contributed by atoms with Crippen LogP contribution in [0.3, 0.4) is 0 Å². The minimum Gasteiger partial charge on any atom is -0.338 e. The van der Waals surface area contributed by atoms with Gasteiger partial charge in [-0.1, -0.05) is 30.7 Å². The Morgan fingerprint density at radius 2 is 1.90 bits per heavy atom. The predicted molar refractivity (Wildman–Crippen MR) is 103 cm³/mol. The SMILES string of the molecule is O=C(NCCCC(=O)N1CCc2ccccc2C1)NC1CCCC(C(F)(F)F)C1. The number of hydrogen-bond acceptors (Lipinski definition) is 2. The topological polar surface area (TPSA) is 61.4 Å². The highest BCUT2D eigenvalue weighted by Crippen LogP contribution is 2.37. The molecule has 1 saturated carbocycles. The molecule has 1 aromatic carbocycles. The molecule has 1 aliphatic heterocycles. The van der Waals surface area contributed by atoms with Crippen molar-refractivity contribution in [2.24, 2.45) is 5.92 Å². The Hall–Kier alpha value is -2.25. The Bertz CT molecular complexity index is 723. The molecule has 3 amide bonds. The third-order valence-corrected chi connectivity index (χ3v) is 5.81. The number of nitrogens with one attached hydrogen (secondary N) is 2. The Morgan fingerprint density at radius 1 is 1.14 bits per heavy atom. The number of amides is 3. The lowest BCUT2D eigenvalue weighted by atomic mass is 9.85. The van der Waals surface area contributed by atoms with Crippen LogP contribution < -0.4 is 10.6 Å². The van der Waals surface area contributed by atoms with Crippen molar-refractivity contribution in [2.75, 3.05) is 13.1 Å². The van der Waals surface area contributed by atoms with E-state index in [-0.39, 0.29) is 18.7 Å². The minimum atomic E-state index is -4.20. The van der Waals surface area contributed by atoms with Crippen molar-refractivity contribution in [1.29, 1.82) is 0 Å². The Kier molecular flexibility index (Phi) is 7.03. The van der Waals surface area contributed by atoms with Crippen LogP contribution in [0.2, 0.25) is 0 Å².